The van der Waals surface area contributed by atoms with Crippen molar-refractivity contribution in [3.63, 3.8) is 0 Å². The van der Waals surface area contributed by atoms with E-state index in [0.717, 1.165) is 0 Å². The summed E-state index contributed by atoms with van der Waals surface area (Å²) >= 11 is 0. The predicted molar refractivity (Wildman–Crippen MR) is 60.0 cm³/mol. The maximum atomic E-state index is 10.8. The van der Waals surface area contributed by atoms with Gasteiger partial charge in [0, 0.05) is 12.1 Å². The van der Waals surface area contributed by atoms with Crippen molar-refractivity contribution in [1.29, 1.82) is 0 Å². The van der Waals surface area contributed by atoms with E-state index in [0.29, 0.717) is 5.75 Å². The van der Waals surface area contributed by atoms with Gasteiger partial charge in [-0.2, -0.15) is 0 Å². The molecule has 0 aliphatic heterocycles. The second-order valence-corrected chi connectivity index (χ2v) is 3.51. The highest BCUT2D eigenvalue weighted by atomic mass is 16.5. The Bertz CT molecular complexity index is 407. The number of carbonyl (C=O) groups is 1. The summed E-state index contributed by atoms with van der Waals surface area (Å²) in [5.74, 6) is -0.821. The fourth-order valence-corrected chi connectivity index (χ4v) is 1.43. The van der Waals surface area contributed by atoms with Gasteiger partial charge in [-0.25, -0.2) is 4.79 Å². The summed E-state index contributed by atoms with van der Waals surface area (Å²) < 4.78 is 4.99. The first-order valence-electron chi connectivity index (χ1n) is 4.98. The standard InChI is InChI=1S/C11H15NO5/c1-17-9-3-2-6(11(15)16)4-7(9)10(14)8(13)5-12/h2-4,8,10,13-14H,5,12H2,1H3,(H,15,16). The Hall–Kier alpha value is -1.63. The van der Waals surface area contributed by atoms with E-state index >= 15 is 0 Å². The molecule has 0 heterocycles. The van der Waals surface area contributed by atoms with Crippen LogP contribution in [0.3, 0.4) is 0 Å². The number of benzene rings is 1. The van der Waals surface area contributed by atoms with Gasteiger partial charge in [-0.15, -0.1) is 0 Å². The SMILES string of the molecule is COc1ccc(C(=O)O)cc1C(O)C(O)CN. The zero-order valence-corrected chi connectivity index (χ0v) is 9.33. The predicted octanol–water partition coefficient (Wildman–Crippen LogP) is -0.254. The third kappa shape index (κ3) is 2.94. The van der Waals surface area contributed by atoms with Gasteiger partial charge in [0.15, 0.2) is 0 Å². The molecule has 0 bridgehead atoms. The number of ether oxygens (including phenoxy) is 1. The maximum absolute atomic E-state index is 10.8. The van der Waals surface area contributed by atoms with Crippen LogP contribution in [0.25, 0.3) is 0 Å². The van der Waals surface area contributed by atoms with E-state index in [1.165, 1.54) is 25.3 Å². The van der Waals surface area contributed by atoms with Gasteiger partial charge in [0.25, 0.3) is 0 Å². The molecule has 6 nitrogen and oxygen atoms in total. The van der Waals surface area contributed by atoms with Gasteiger partial charge in [0.1, 0.15) is 11.9 Å². The quantitative estimate of drug-likeness (QED) is 0.565. The first-order valence-corrected chi connectivity index (χ1v) is 4.98. The van der Waals surface area contributed by atoms with E-state index in [4.69, 9.17) is 15.6 Å². The first-order chi connectivity index (χ1) is 8.01. The zero-order chi connectivity index (χ0) is 13.0. The molecule has 2 unspecified atom stereocenters. The van der Waals surface area contributed by atoms with Crippen molar-refractivity contribution in [2.45, 2.75) is 12.2 Å². The third-order valence-electron chi connectivity index (χ3n) is 2.40. The first kappa shape index (κ1) is 13.4. The fourth-order valence-electron chi connectivity index (χ4n) is 1.43. The Morgan fingerprint density at radius 1 is 1.47 bits per heavy atom. The number of aromatic carboxylic acids is 1. The molecule has 0 saturated heterocycles. The van der Waals surface area contributed by atoms with Crippen LogP contribution in [-0.2, 0) is 0 Å². The number of nitrogens with two attached hydrogens (primary N) is 1. The monoisotopic (exact) mass is 241 g/mol. The van der Waals surface area contributed by atoms with Gasteiger partial charge in [0.2, 0.25) is 0 Å². The van der Waals surface area contributed by atoms with Gasteiger partial charge >= 0.3 is 5.97 Å². The lowest BCUT2D eigenvalue weighted by atomic mass is 10.0. The second-order valence-electron chi connectivity index (χ2n) is 3.51. The number of methoxy groups -OCH3 is 1. The van der Waals surface area contributed by atoms with E-state index in [1.54, 1.807) is 0 Å². The van der Waals surface area contributed by atoms with Crippen LogP contribution in [0.2, 0.25) is 0 Å². The Kier molecular flexibility index (Phi) is 4.45. The number of carboxylic acid groups (broad SMARTS) is 1. The largest absolute Gasteiger partial charge is 0.496 e. The molecule has 5 N–H and O–H groups in total. The van der Waals surface area contributed by atoms with Crippen LogP contribution in [-0.4, -0.2) is 41.0 Å². The van der Waals surface area contributed by atoms with Gasteiger partial charge in [-0.1, -0.05) is 0 Å². The summed E-state index contributed by atoms with van der Waals surface area (Å²) in [4.78, 5) is 10.8. The van der Waals surface area contributed by atoms with Gasteiger partial charge in [0.05, 0.1) is 18.8 Å². The Morgan fingerprint density at radius 2 is 2.12 bits per heavy atom. The van der Waals surface area contributed by atoms with Crippen molar-refractivity contribution in [3.8, 4) is 5.75 Å². The lowest BCUT2D eigenvalue weighted by Crippen LogP contribution is -2.27. The van der Waals surface area contributed by atoms with E-state index < -0.39 is 18.2 Å². The summed E-state index contributed by atoms with van der Waals surface area (Å²) in [5.41, 5.74) is 5.44. The van der Waals surface area contributed by atoms with Crippen molar-refractivity contribution < 1.29 is 24.9 Å². The smallest absolute Gasteiger partial charge is 0.335 e. The Morgan fingerprint density at radius 3 is 2.59 bits per heavy atom. The molecular formula is C11H15NO5. The van der Waals surface area contributed by atoms with Crippen LogP contribution in [0, 0.1) is 0 Å². The highest BCUT2D eigenvalue weighted by Gasteiger charge is 2.22. The van der Waals surface area contributed by atoms with Crippen LogP contribution in [0.5, 0.6) is 5.75 Å². The molecule has 0 radical (unpaired) electrons. The summed E-state index contributed by atoms with van der Waals surface area (Å²) in [5, 5.41) is 28.1. The molecule has 0 aromatic heterocycles. The number of rotatable bonds is 5. The second kappa shape index (κ2) is 5.62. The molecule has 94 valence electrons. The minimum absolute atomic E-state index is 0.00377. The highest BCUT2D eigenvalue weighted by Crippen LogP contribution is 2.28. The molecule has 0 aliphatic carbocycles. The van der Waals surface area contributed by atoms with Gasteiger partial charge in [-0.3, -0.25) is 0 Å². The Balaban J connectivity index is 3.18. The van der Waals surface area contributed by atoms with Crippen molar-refractivity contribution in [2.24, 2.45) is 5.73 Å². The molecule has 6 heteroatoms. The number of aliphatic hydroxyl groups is 2. The number of hydrogen-bond acceptors (Lipinski definition) is 5. The fraction of sp³-hybridized carbons (Fsp3) is 0.364. The lowest BCUT2D eigenvalue weighted by molar-refractivity contribution is 0.0228. The molecule has 0 spiro atoms. The summed E-state index contributed by atoms with van der Waals surface area (Å²) in [6, 6.07) is 4.03. The molecule has 0 saturated carbocycles. The highest BCUT2D eigenvalue weighted by molar-refractivity contribution is 5.88. The minimum Gasteiger partial charge on any atom is -0.496 e. The topological polar surface area (TPSA) is 113 Å². The summed E-state index contributed by atoms with van der Waals surface area (Å²) in [7, 11) is 1.39. The van der Waals surface area contributed by atoms with E-state index in [2.05, 4.69) is 0 Å². The maximum Gasteiger partial charge on any atom is 0.335 e. The number of aliphatic hydroxyl groups excluding tert-OH is 2. The molecule has 1 aromatic carbocycles. The molecular weight excluding hydrogens is 226 g/mol. The van der Waals surface area contributed by atoms with E-state index in [-0.39, 0.29) is 17.7 Å². The van der Waals surface area contributed by atoms with Gasteiger partial charge in [-0.05, 0) is 18.2 Å². The average Bonchev–Trinajstić information content (AvgIpc) is 2.35. The molecule has 0 aliphatic rings. The minimum atomic E-state index is -1.28. The van der Waals surface area contributed by atoms with Crippen molar-refractivity contribution in [2.75, 3.05) is 13.7 Å². The zero-order valence-electron chi connectivity index (χ0n) is 9.33. The lowest BCUT2D eigenvalue weighted by Gasteiger charge is -2.19. The van der Waals surface area contributed by atoms with E-state index in [1.807, 2.05) is 0 Å². The van der Waals surface area contributed by atoms with Crippen LogP contribution >= 0.6 is 0 Å². The number of carboxylic acids is 1. The van der Waals surface area contributed by atoms with Crippen LogP contribution in [0.4, 0.5) is 0 Å². The van der Waals surface area contributed by atoms with E-state index in [9.17, 15) is 15.0 Å². The van der Waals surface area contributed by atoms with Gasteiger partial charge < -0.3 is 25.8 Å². The third-order valence-corrected chi connectivity index (χ3v) is 2.40. The number of hydrogen-bond donors (Lipinski definition) is 4. The molecule has 17 heavy (non-hydrogen) atoms. The summed E-state index contributed by atoms with van der Waals surface area (Å²) in [6.45, 7) is -0.137. The molecule has 2 atom stereocenters. The van der Waals surface area contributed by atoms with Crippen molar-refractivity contribution in [3.05, 3.63) is 29.3 Å². The molecule has 1 aromatic rings. The van der Waals surface area contributed by atoms with Crippen LogP contribution in [0.1, 0.15) is 22.0 Å². The van der Waals surface area contributed by atoms with Crippen LogP contribution < -0.4 is 10.5 Å². The molecule has 1 rings (SSSR count). The van der Waals surface area contributed by atoms with Crippen LogP contribution in [0.15, 0.2) is 18.2 Å². The Labute approximate surface area is 98.3 Å². The molecule has 0 amide bonds. The molecule has 0 fully saturated rings. The summed E-state index contributed by atoms with van der Waals surface area (Å²) in [6.07, 6.45) is -2.46. The van der Waals surface area contributed by atoms with Crippen molar-refractivity contribution in [1.82, 2.24) is 0 Å². The normalized spacial score (nSPS) is 14.1. The average molecular weight is 241 g/mol. The van der Waals surface area contributed by atoms with Crippen molar-refractivity contribution >= 4 is 5.97 Å².